The van der Waals surface area contributed by atoms with E-state index in [9.17, 15) is 14.7 Å². The number of nitrogens with two attached hydrogens (primary N) is 2. The van der Waals surface area contributed by atoms with Crippen molar-refractivity contribution < 1.29 is 19.3 Å². The summed E-state index contributed by atoms with van der Waals surface area (Å²) in [7, 11) is 0. The molecule has 9 nitrogen and oxygen atoms in total. The van der Waals surface area contributed by atoms with Crippen molar-refractivity contribution in [1.82, 2.24) is 15.1 Å². The van der Waals surface area contributed by atoms with Crippen molar-refractivity contribution >= 4 is 11.8 Å². The number of nitrogens with one attached hydrogen (secondary N) is 1. The average Bonchev–Trinajstić information content (AvgIpc) is 3.15. The van der Waals surface area contributed by atoms with Gasteiger partial charge < -0.3 is 16.2 Å². The summed E-state index contributed by atoms with van der Waals surface area (Å²) in [6.45, 7) is 2.11. The molecule has 2 atom stereocenters. The summed E-state index contributed by atoms with van der Waals surface area (Å²) in [5.41, 5.74) is 13.3. The van der Waals surface area contributed by atoms with Gasteiger partial charge in [0.25, 0.3) is 5.91 Å². The van der Waals surface area contributed by atoms with Crippen molar-refractivity contribution in [3.05, 3.63) is 77.9 Å². The van der Waals surface area contributed by atoms with Crippen LogP contribution in [0.5, 0.6) is 0 Å². The first-order valence-corrected chi connectivity index (χ1v) is 9.47. The second-order valence-electron chi connectivity index (χ2n) is 6.95. The molecule has 0 spiro atoms. The number of aliphatic hydroxyl groups is 1. The van der Waals surface area contributed by atoms with Crippen molar-refractivity contribution in [3.63, 3.8) is 0 Å². The number of hydrogen-bond acceptors (Lipinski definition) is 5. The van der Waals surface area contributed by atoms with Crippen LogP contribution < -0.4 is 21.4 Å². The molecule has 2 heterocycles. The van der Waals surface area contributed by atoms with E-state index in [4.69, 9.17) is 11.5 Å². The largest absolute Gasteiger partial charge is 0.381 e. The topological polar surface area (TPSA) is 140 Å². The molecule has 2 amide bonds. The van der Waals surface area contributed by atoms with Crippen LogP contribution in [0.4, 0.5) is 0 Å². The Morgan fingerprint density at radius 1 is 1.20 bits per heavy atom. The van der Waals surface area contributed by atoms with Crippen LogP contribution in [0.1, 0.15) is 21.7 Å². The smallest absolute Gasteiger partial charge is 0.270 e. The zero-order valence-corrected chi connectivity index (χ0v) is 16.6. The molecule has 3 rings (SSSR count). The molecule has 1 unspecified atom stereocenters. The Labute approximate surface area is 173 Å². The highest BCUT2D eigenvalue weighted by Gasteiger charge is 2.28. The lowest BCUT2D eigenvalue weighted by Gasteiger charge is -2.22. The van der Waals surface area contributed by atoms with E-state index in [1.807, 2.05) is 30.3 Å². The summed E-state index contributed by atoms with van der Waals surface area (Å²) in [5, 5.41) is 17.4. The number of aryl methyl sites for hydroxylation is 1. The summed E-state index contributed by atoms with van der Waals surface area (Å²) in [6, 6.07) is 13.5. The third kappa shape index (κ3) is 4.88. The first-order valence-electron chi connectivity index (χ1n) is 9.47. The molecule has 0 bridgehead atoms. The Bertz CT molecular complexity index is 1020. The highest BCUT2D eigenvalue weighted by molar-refractivity contribution is 5.94. The zero-order valence-electron chi connectivity index (χ0n) is 16.6. The zero-order chi connectivity index (χ0) is 21.7. The number of primary amides is 1. The van der Waals surface area contributed by atoms with Gasteiger partial charge in [-0.1, -0.05) is 30.3 Å². The maximum atomic E-state index is 13.0. The van der Waals surface area contributed by atoms with Crippen molar-refractivity contribution in [2.75, 3.05) is 0 Å². The van der Waals surface area contributed by atoms with Gasteiger partial charge in [-0.2, -0.15) is 9.67 Å². The summed E-state index contributed by atoms with van der Waals surface area (Å²) in [4.78, 5) is 24.6. The molecular formula is C21H25N6O3+. The third-order valence-electron chi connectivity index (χ3n) is 4.68. The Morgan fingerprint density at radius 3 is 2.47 bits per heavy atom. The van der Waals surface area contributed by atoms with Gasteiger partial charge in [0.05, 0.1) is 17.4 Å². The van der Waals surface area contributed by atoms with E-state index in [0.29, 0.717) is 18.1 Å². The molecule has 0 radical (unpaired) electrons. The molecule has 0 aliphatic heterocycles. The van der Waals surface area contributed by atoms with Crippen molar-refractivity contribution in [3.8, 4) is 5.69 Å². The maximum absolute atomic E-state index is 13.0. The van der Waals surface area contributed by atoms with Crippen LogP contribution >= 0.6 is 0 Å². The van der Waals surface area contributed by atoms with Crippen molar-refractivity contribution in [2.45, 2.75) is 32.2 Å². The molecular weight excluding hydrogens is 384 g/mol. The predicted octanol–water partition coefficient (Wildman–Crippen LogP) is -0.428. The van der Waals surface area contributed by atoms with Gasteiger partial charge in [-0.05, 0) is 25.0 Å². The minimum atomic E-state index is -1.54. The van der Waals surface area contributed by atoms with Crippen LogP contribution in [-0.4, -0.2) is 38.8 Å². The Hall–Kier alpha value is -3.56. The number of pyridine rings is 1. The molecule has 156 valence electrons. The van der Waals surface area contributed by atoms with Gasteiger partial charge >= 0.3 is 0 Å². The van der Waals surface area contributed by atoms with E-state index < -0.39 is 24.0 Å². The van der Waals surface area contributed by atoms with E-state index in [1.165, 1.54) is 4.68 Å². The number of nitrogens with zero attached hydrogens (tertiary/aromatic N) is 3. The normalized spacial score (nSPS) is 12.9. The second kappa shape index (κ2) is 9.29. The molecule has 0 aliphatic rings. The third-order valence-corrected chi connectivity index (χ3v) is 4.68. The van der Waals surface area contributed by atoms with E-state index >= 15 is 0 Å². The highest BCUT2D eigenvalue weighted by atomic mass is 16.3. The number of rotatable bonds is 8. The summed E-state index contributed by atoms with van der Waals surface area (Å²) in [5.74, 6) is -1.39. The first kappa shape index (κ1) is 21.2. The van der Waals surface area contributed by atoms with Gasteiger partial charge in [0, 0.05) is 12.1 Å². The van der Waals surface area contributed by atoms with Gasteiger partial charge in [-0.25, -0.2) is 4.68 Å². The van der Waals surface area contributed by atoms with Crippen molar-refractivity contribution in [1.29, 1.82) is 0 Å². The standard InChI is InChI=1S/C21H24N6O3/c1-14-11-18(27(25-14)16-7-9-26(13-22)10-8-16)21(30)24-17(19(28)20(23)29)12-15-5-3-2-4-6-15/h2-11,17,19,28H,12-13,22H2,1H3,(H2-,23,24,29,30)/p+1/t17-,19?/m0/s1. The molecule has 1 aromatic carbocycles. The van der Waals surface area contributed by atoms with Gasteiger partial charge in [-0.15, -0.1) is 0 Å². The number of aliphatic hydroxyl groups excluding tert-OH is 1. The SMILES string of the molecule is Cc1cc(C(=O)N[C@@H](Cc2ccccc2)C(O)C(N)=O)n(-c2cc[n+](CN)cc2)n1. The molecule has 0 fully saturated rings. The number of hydrogen-bond donors (Lipinski definition) is 4. The monoisotopic (exact) mass is 409 g/mol. The molecule has 9 heteroatoms. The maximum Gasteiger partial charge on any atom is 0.270 e. The quantitative estimate of drug-likeness (QED) is 0.374. The fourth-order valence-electron chi connectivity index (χ4n) is 3.12. The summed E-state index contributed by atoms with van der Waals surface area (Å²) in [6.07, 6.45) is 2.27. The molecule has 2 aromatic heterocycles. The van der Waals surface area contributed by atoms with Crippen LogP contribution in [-0.2, 0) is 17.9 Å². The van der Waals surface area contributed by atoms with Crippen molar-refractivity contribution in [2.24, 2.45) is 11.5 Å². The second-order valence-corrected chi connectivity index (χ2v) is 6.95. The molecule has 6 N–H and O–H groups in total. The fourth-order valence-corrected chi connectivity index (χ4v) is 3.12. The van der Waals surface area contributed by atoms with Crippen LogP contribution in [0.25, 0.3) is 5.69 Å². The van der Waals surface area contributed by atoms with Gasteiger partial charge in [0.2, 0.25) is 5.91 Å². The predicted molar refractivity (Wildman–Crippen MR) is 109 cm³/mol. The highest BCUT2D eigenvalue weighted by Crippen LogP contribution is 2.13. The number of carbonyl (C=O) groups is 2. The number of carbonyl (C=O) groups excluding carboxylic acids is 2. The van der Waals surface area contributed by atoms with E-state index in [2.05, 4.69) is 10.4 Å². The Balaban J connectivity index is 1.87. The lowest BCUT2D eigenvalue weighted by molar-refractivity contribution is -0.696. The molecule has 0 saturated carbocycles. The van der Waals surface area contributed by atoms with Crippen LogP contribution in [0.2, 0.25) is 0 Å². The molecule has 0 aliphatic carbocycles. The van der Waals surface area contributed by atoms with Gasteiger partial charge in [0.15, 0.2) is 25.2 Å². The Morgan fingerprint density at radius 2 is 1.87 bits per heavy atom. The number of amides is 2. The van der Waals surface area contributed by atoms with Gasteiger partial charge in [0.1, 0.15) is 5.69 Å². The van der Waals surface area contributed by atoms with Gasteiger partial charge in [-0.3, -0.25) is 15.3 Å². The molecule has 0 saturated heterocycles. The van der Waals surface area contributed by atoms with E-state index in [1.54, 1.807) is 42.1 Å². The number of aromatic nitrogens is 3. The average molecular weight is 409 g/mol. The summed E-state index contributed by atoms with van der Waals surface area (Å²) < 4.78 is 3.28. The lowest BCUT2D eigenvalue weighted by Crippen LogP contribution is -2.50. The summed E-state index contributed by atoms with van der Waals surface area (Å²) >= 11 is 0. The van der Waals surface area contributed by atoms with Crippen LogP contribution in [0, 0.1) is 6.92 Å². The molecule has 30 heavy (non-hydrogen) atoms. The minimum absolute atomic E-state index is 0.242. The first-order chi connectivity index (χ1) is 14.4. The van der Waals surface area contributed by atoms with Crippen LogP contribution in [0.15, 0.2) is 60.9 Å². The van der Waals surface area contributed by atoms with Crippen LogP contribution in [0.3, 0.4) is 0 Å². The molecule has 3 aromatic rings. The van der Waals surface area contributed by atoms with E-state index in [-0.39, 0.29) is 12.1 Å². The van der Waals surface area contributed by atoms with E-state index in [0.717, 1.165) is 5.56 Å². The number of benzene rings is 1. The lowest BCUT2D eigenvalue weighted by atomic mass is 10.0. The fraction of sp³-hybridized carbons (Fsp3) is 0.238. The minimum Gasteiger partial charge on any atom is -0.381 e. The Kier molecular flexibility index (Phi) is 6.55.